The SMILES string of the molecule is CNc1nc(Oc2ncn(C)n2)nc(-n2ccnc2)n1. The predicted molar refractivity (Wildman–Crippen MR) is 67.6 cm³/mol. The third-order valence-corrected chi connectivity index (χ3v) is 2.32. The number of anilines is 1. The van der Waals surface area contributed by atoms with Gasteiger partial charge in [-0.25, -0.2) is 4.98 Å². The maximum Gasteiger partial charge on any atom is 0.343 e. The van der Waals surface area contributed by atoms with Crippen LogP contribution in [0.5, 0.6) is 12.0 Å². The van der Waals surface area contributed by atoms with E-state index < -0.39 is 0 Å². The van der Waals surface area contributed by atoms with Gasteiger partial charge in [0.2, 0.25) is 11.9 Å². The quantitative estimate of drug-likeness (QED) is 0.708. The smallest absolute Gasteiger partial charge is 0.343 e. The van der Waals surface area contributed by atoms with Crippen LogP contribution in [-0.4, -0.2) is 46.3 Å². The first-order valence-electron chi connectivity index (χ1n) is 5.70. The largest absolute Gasteiger partial charge is 0.387 e. The highest BCUT2D eigenvalue weighted by molar-refractivity contribution is 5.30. The minimum absolute atomic E-state index is 0.0965. The fourth-order valence-electron chi connectivity index (χ4n) is 1.44. The van der Waals surface area contributed by atoms with Crippen molar-refractivity contribution in [2.24, 2.45) is 7.05 Å². The zero-order chi connectivity index (χ0) is 13.9. The zero-order valence-electron chi connectivity index (χ0n) is 10.8. The molecule has 3 rings (SSSR count). The van der Waals surface area contributed by atoms with Gasteiger partial charge in [-0.1, -0.05) is 0 Å². The summed E-state index contributed by atoms with van der Waals surface area (Å²) in [5.74, 6) is 0.752. The van der Waals surface area contributed by atoms with Gasteiger partial charge in [0.1, 0.15) is 12.7 Å². The molecule has 10 nitrogen and oxygen atoms in total. The van der Waals surface area contributed by atoms with Crippen LogP contribution in [0.3, 0.4) is 0 Å². The second-order valence-corrected chi connectivity index (χ2v) is 3.76. The summed E-state index contributed by atoms with van der Waals surface area (Å²) >= 11 is 0. The summed E-state index contributed by atoms with van der Waals surface area (Å²) in [7, 11) is 3.44. The molecule has 0 aliphatic carbocycles. The van der Waals surface area contributed by atoms with Crippen molar-refractivity contribution in [2.75, 3.05) is 12.4 Å². The maximum atomic E-state index is 5.40. The van der Waals surface area contributed by atoms with E-state index in [1.54, 1.807) is 37.4 Å². The van der Waals surface area contributed by atoms with E-state index in [0.29, 0.717) is 11.9 Å². The number of hydrogen-bond donors (Lipinski definition) is 1. The third kappa shape index (κ3) is 2.39. The Morgan fingerprint density at radius 2 is 2.05 bits per heavy atom. The minimum Gasteiger partial charge on any atom is -0.387 e. The molecule has 3 aromatic heterocycles. The van der Waals surface area contributed by atoms with Crippen molar-refractivity contribution < 1.29 is 4.74 Å². The van der Waals surface area contributed by atoms with Crippen LogP contribution in [0, 0.1) is 0 Å². The molecule has 0 radical (unpaired) electrons. The maximum absolute atomic E-state index is 5.40. The molecule has 0 fully saturated rings. The van der Waals surface area contributed by atoms with Gasteiger partial charge in [0.25, 0.3) is 0 Å². The van der Waals surface area contributed by atoms with E-state index in [2.05, 4.69) is 35.3 Å². The van der Waals surface area contributed by atoms with Crippen molar-refractivity contribution in [2.45, 2.75) is 0 Å². The van der Waals surface area contributed by atoms with Crippen LogP contribution in [0.2, 0.25) is 0 Å². The number of imidazole rings is 1. The highest BCUT2D eigenvalue weighted by Crippen LogP contribution is 2.15. The van der Waals surface area contributed by atoms with Crippen LogP contribution in [0.25, 0.3) is 5.95 Å². The summed E-state index contributed by atoms with van der Waals surface area (Å²) in [6.45, 7) is 0. The Hall–Kier alpha value is -3.04. The molecule has 0 atom stereocenters. The summed E-state index contributed by atoms with van der Waals surface area (Å²) in [5.41, 5.74) is 0. The van der Waals surface area contributed by atoms with E-state index >= 15 is 0 Å². The zero-order valence-corrected chi connectivity index (χ0v) is 10.8. The molecule has 20 heavy (non-hydrogen) atoms. The van der Waals surface area contributed by atoms with Gasteiger partial charge in [0, 0.05) is 26.5 Å². The van der Waals surface area contributed by atoms with Gasteiger partial charge < -0.3 is 10.1 Å². The lowest BCUT2D eigenvalue weighted by molar-refractivity contribution is 0.403. The molecule has 0 aliphatic rings. The van der Waals surface area contributed by atoms with Gasteiger partial charge in [-0.2, -0.15) is 19.9 Å². The summed E-state index contributed by atoms with van der Waals surface area (Å²) < 4.78 is 8.56. The number of hydrogen-bond acceptors (Lipinski definition) is 8. The summed E-state index contributed by atoms with van der Waals surface area (Å²) in [6.07, 6.45) is 6.45. The van der Waals surface area contributed by atoms with Gasteiger partial charge in [-0.3, -0.25) is 9.25 Å². The van der Waals surface area contributed by atoms with Gasteiger partial charge in [-0.05, 0) is 0 Å². The fourth-order valence-corrected chi connectivity index (χ4v) is 1.44. The van der Waals surface area contributed by atoms with E-state index in [-0.39, 0.29) is 12.0 Å². The Labute approximate surface area is 113 Å². The van der Waals surface area contributed by atoms with Crippen molar-refractivity contribution in [3.05, 3.63) is 25.0 Å². The second-order valence-electron chi connectivity index (χ2n) is 3.76. The number of nitrogens with zero attached hydrogens (tertiary/aromatic N) is 8. The molecule has 0 bridgehead atoms. The van der Waals surface area contributed by atoms with Gasteiger partial charge in [0.15, 0.2) is 0 Å². The molecule has 0 saturated carbocycles. The van der Waals surface area contributed by atoms with Crippen molar-refractivity contribution in [1.29, 1.82) is 0 Å². The van der Waals surface area contributed by atoms with Crippen LogP contribution in [0.15, 0.2) is 25.0 Å². The highest BCUT2D eigenvalue weighted by atomic mass is 16.5. The molecule has 3 heterocycles. The molecule has 10 heteroatoms. The number of nitrogens with one attached hydrogen (secondary N) is 1. The lowest BCUT2D eigenvalue weighted by Gasteiger charge is -2.05. The Morgan fingerprint density at radius 3 is 2.70 bits per heavy atom. The monoisotopic (exact) mass is 273 g/mol. The normalized spacial score (nSPS) is 10.5. The second kappa shape index (κ2) is 4.91. The van der Waals surface area contributed by atoms with Crippen molar-refractivity contribution in [1.82, 2.24) is 39.3 Å². The van der Waals surface area contributed by atoms with Crippen molar-refractivity contribution in [3.8, 4) is 18.0 Å². The average molecular weight is 273 g/mol. The molecule has 102 valence electrons. The van der Waals surface area contributed by atoms with E-state index in [0.717, 1.165) is 0 Å². The van der Waals surface area contributed by atoms with Crippen LogP contribution >= 0.6 is 0 Å². The number of aryl methyl sites for hydroxylation is 1. The van der Waals surface area contributed by atoms with Gasteiger partial charge in [0.05, 0.1) is 0 Å². The van der Waals surface area contributed by atoms with Gasteiger partial charge in [-0.15, -0.1) is 5.10 Å². The van der Waals surface area contributed by atoms with E-state index in [1.165, 1.54) is 11.0 Å². The molecule has 0 aromatic carbocycles. The summed E-state index contributed by atoms with van der Waals surface area (Å²) in [4.78, 5) is 20.4. The Bertz CT molecular complexity index is 705. The number of aromatic nitrogens is 8. The van der Waals surface area contributed by atoms with Crippen molar-refractivity contribution in [3.63, 3.8) is 0 Å². The first kappa shape index (κ1) is 12.0. The van der Waals surface area contributed by atoms with E-state index in [4.69, 9.17) is 4.74 Å². The Kier molecular flexibility index (Phi) is 2.95. The van der Waals surface area contributed by atoms with Crippen LogP contribution < -0.4 is 10.1 Å². The number of ether oxygens (including phenoxy) is 1. The first-order valence-corrected chi connectivity index (χ1v) is 5.70. The van der Waals surface area contributed by atoms with Crippen LogP contribution in [-0.2, 0) is 7.05 Å². The van der Waals surface area contributed by atoms with Crippen LogP contribution in [0.4, 0.5) is 5.95 Å². The molecule has 1 N–H and O–H groups in total. The van der Waals surface area contributed by atoms with Crippen molar-refractivity contribution >= 4 is 5.95 Å². The highest BCUT2D eigenvalue weighted by Gasteiger charge is 2.11. The third-order valence-electron chi connectivity index (χ3n) is 2.32. The predicted octanol–water partition coefficient (Wildman–Crippen LogP) is 0.0198. The molecule has 0 saturated heterocycles. The fraction of sp³-hybridized carbons (Fsp3) is 0.200. The topological polar surface area (TPSA) is 108 Å². The molecule has 3 aromatic rings. The van der Waals surface area contributed by atoms with Gasteiger partial charge >= 0.3 is 12.0 Å². The average Bonchev–Trinajstić information content (AvgIpc) is 3.10. The lowest BCUT2D eigenvalue weighted by Crippen LogP contribution is -2.07. The summed E-state index contributed by atoms with van der Waals surface area (Å²) in [5, 5.41) is 6.84. The molecule has 0 amide bonds. The minimum atomic E-state index is 0.0965. The molecular weight excluding hydrogens is 262 g/mol. The molecule has 0 spiro atoms. The standard InChI is InChI=1S/C10H11N9O/c1-11-7-14-8(19-4-3-12-5-19)16-10(15-7)20-9-13-6-18(2)17-9/h3-6H,1-2H3,(H,11,14,15,16). The molecule has 0 unspecified atom stereocenters. The summed E-state index contributed by atoms with van der Waals surface area (Å²) in [6, 6.07) is 0.261. The lowest BCUT2D eigenvalue weighted by atomic mass is 10.8. The molecular formula is C10H11N9O. The molecule has 0 aliphatic heterocycles. The Morgan fingerprint density at radius 1 is 1.15 bits per heavy atom. The van der Waals surface area contributed by atoms with E-state index in [1.807, 2.05) is 0 Å². The van der Waals surface area contributed by atoms with Crippen LogP contribution in [0.1, 0.15) is 0 Å². The number of rotatable bonds is 4. The van der Waals surface area contributed by atoms with E-state index in [9.17, 15) is 0 Å². The first-order chi connectivity index (χ1) is 9.74. The Balaban J connectivity index is 1.96.